The zero-order valence-electron chi connectivity index (χ0n) is 13.6. The number of para-hydroxylation sites is 1. The Bertz CT molecular complexity index is 973. The fraction of sp³-hybridized carbons (Fsp3) is 0.167. The molecule has 1 aromatic heterocycles. The van der Waals surface area contributed by atoms with E-state index in [-0.39, 0.29) is 23.1 Å². The minimum Gasteiger partial charge on any atom is -0.326 e. The molecule has 0 saturated heterocycles. The van der Waals surface area contributed by atoms with Crippen LogP contribution in [-0.4, -0.2) is 16.4 Å². The molecule has 0 spiro atoms. The Morgan fingerprint density at radius 3 is 2.32 bits per heavy atom. The number of thiazole rings is 1. The Morgan fingerprint density at radius 2 is 1.64 bits per heavy atom. The summed E-state index contributed by atoms with van der Waals surface area (Å²) in [5, 5.41) is 5.45. The summed E-state index contributed by atoms with van der Waals surface area (Å²) in [6, 6.07) is 14.4. The largest absolute Gasteiger partial charge is 0.326 e. The van der Waals surface area contributed by atoms with Crippen LogP contribution in [0.15, 0.2) is 53.3 Å². The first-order valence-corrected chi connectivity index (χ1v) is 8.60. The summed E-state index contributed by atoms with van der Waals surface area (Å²) in [5.41, 5.74) is 2.16. The molecular weight excluding hydrogens is 338 g/mol. The van der Waals surface area contributed by atoms with E-state index in [0.29, 0.717) is 17.9 Å². The van der Waals surface area contributed by atoms with Crippen molar-refractivity contribution in [1.82, 2.24) is 4.57 Å². The van der Waals surface area contributed by atoms with E-state index in [0.717, 1.165) is 10.2 Å². The minimum atomic E-state index is -0.172. The maximum Gasteiger partial charge on any atom is 0.308 e. The Kier molecular flexibility index (Phi) is 4.95. The molecule has 0 aliphatic heterocycles. The quantitative estimate of drug-likeness (QED) is 0.738. The number of benzene rings is 2. The maximum atomic E-state index is 12.1. The van der Waals surface area contributed by atoms with Crippen molar-refractivity contribution in [2.75, 3.05) is 10.6 Å². The van der Waals surface area contributed by atoms with E-state index in [9.17, 15) is 14.4 Å². The summed E-state index contributed by atoms with van der Waals surface area (Å²) in [6.07, 6.45) is 0.202. The van der Waals surface area contributed by atoms with Gasteiger partial charge in [0.25, 0.3) is 0 Å². The lowest BCUT2D eigenvalue weighted by molar-refractivity contribution is -0.116. The lowest BCUT2D eigenvalue weighted by atomic mass is 10.2. The summed E-state index contributed by atoms with van der Waals surface area (Å²) < 4.78 is 2.54. The van der Waals surface area contributed by atoms with Gasteiger partial charge < -0.3 is 10.6 Å². The Balaban J connectivity index is 1.62. The number of rotatable bonds is 5. The lowest BCUT2D eigenvalue weighted by Crippen LogP contribution is -2.19. The zero-order chi connectivity index (χ0) is 17.8. The highest BCUT2D eigenvalue weighted by Gasteiger charge is 2.09. The fourth-order valence-corrected chi connectivity index (χ4v) is 3.42. The topological polar surface area (TPSA) is 80.2 Å². The summed E-state index contributed by atoms with van der Waals surface area (Å²) in [5.74, 6) is -0.320. The third-order valence-corrected chi connectivity index (χ3v) is 4.59. The number of nitrogens with zero attached hydrogens (tertiary/aromatic N) is 1. The van der Waals surface area contributed by atoms with Gasteiger partial charge in [0.05, 0.1) is 10.2 Å². The van der Waals surface area contributed by atoms with E-state index >= 15 is 0 Å². The molecule has 0 bridgehead atoms. The minimum absolute atomic E-state index is 0.0614. The van der Waals surface area contributed by atoms with Crippen molar-refractivity contribution in [2.45, 2.75) is 19.9 Å². The molecule has 0 saturated carbocycles. The molecule has 0 aliphatic carbocycles. The van der Waals surface area contributed by atoms with Crippen LogP contribution < -0.4 is 15.5 Å². The van der Waals surface area contributed by atoms with Gasteiger partial charge in [-0.2, -0.15) is 0 Å². The molecule has 3 rings (SSSR count). The van der Waals surface area contributed by atoms with E-state index in [2.05, 4.69) is 10.6 Å². The Hall–Kier alpha value is -2.93. The molecule has 3 aromatic rings. The highest BCUT2D eigenvalue weighted by molar-refractivity contribution is 7.16. The van der Waals surface area contributed by atoms with Crippen LogP contribution >= 0.6 is 11.3 Å². The van der Waals surface area contributed by atoms with Gasteiger partial charge in [-0.3, -0.25) is 19.0 Å². The highest BCUT2D eigenvalue weighted by atomic mass is 32.1. The number of amides is 2. The molecule has 2 amide bonds. The highest BCUT2D eigenvalue weighted by Crippen LogP contribution is 2.17. The smallest absolute Gasteiger partial charge is 0.308 e. The number of fused-ring (bicyclic) bond motifs is 1. The van der Waals surface area contributed by atoms with E-state index in [1.54, 1.807) is 28.8 Å². The zero-order valence-corrected chi connectivity index (χ0v) is 14.4. The molecule has 0 aliphatic rings. The van der Waals surface area contributed by atoms with Gasteiger partial charge in [-0.15, -0.1) is 0 Å². The molecule has 0 atom stereocenters. The van der Waals surface area contributed by atoms with Gasteiger partial charge in [-0.05, 0) is 36.4 Å². The Morgan fingerprint density at radius 1 is 1.00 bits per heavy atom. The molecule has 1 heterocycles. The molecule has 25 heavy (non-hydrogen) atoms. The number of hydrogen-bond acceptors (Lipinski definition) is 4. The standard InChI is InChI=1S/C18H17N3O3S/c1-12(22)19-13-6-8-14(9-7-13)20-17(23)10-11-21-15-4-2-3-5-16(15)25-18(21)24/h2-9H,10-11H2,1H3,(H,19,22)(H,20,23). The number of carbonyl (C=O) groups is 2. The van der Waals surface area contributed by atoms with E-state index in [1.165, 1.54) is 18.3 Å². The van der Waals surface area contributed by atoms with Gasteiger partial charge >= 0.3 is 4.87 Å². The van der Waals surface area contributed by atoms with E-state index in [1.807, 2.05) is 24.3 Å². The first-order valence-electron chi connectivity index (χ1n) is 7.79. The molecule has 0 unspecified atom stereocenters. The second kappa shape index (κ2) is 7.31. The lowest BCUT2D eigenvalue weighted by Gasteiger charge is -2.08. The number of anilines is 2. The Labute approximate surface area is 148 Å². The van der Waals surface area contributed by atoms with Crippen LogP contribution in [0.25, 0.3) is 10.2 Å². The first kappa shape index (κ1) is 16.9. The van der Waals surface area contributed by atoms with Crippen molar-refractivity contribution < 1.29 is 9.59 Å². The van der Waals surface area contributed by atoms with E-state index in [4.69, 9.17) is 0 Å². The second-order valence-electron chi connectivity index (χ2n) is 5.54. The van der Waals surface area contributed by atoms with Gasteiger partial charge in [0, 0.05) is 31.3 Å². The number of aromatic nitrogens is 1. The van der Waals surface area contributed by atoms with Gasteiger partial charge in [0.2, 0.25) is 11.8 Å². The molecular formula is C18H17N3O3S. The average Bonchev–Trinajstić information content (AvgIpc) is 2.89. The summed E-state index contributed by atoms with van der Waals surface area (Å²) in [4.78, 5) is 35.1. The summed E-state index contributed by atoms with van der Waals surface area (Å²) >= 11 is 1.18. The normalized spacial score (nSPS) is 10.6. The molecule has 2 N–H and O–H groups in total. The van der Waals surface area contributed by atoms with Crippen LogP contribution in [0.2, 0.25) is 0 Å². The van der Waals surface area contributed by atoms with Crippen molar-refractivity contribution in [3.8, 4) is 0 Å². The van der Waals surface area contributed by atoms with Crippen molar-refractivity contribution in [3.63, 3.8) is 0 Å². The van der Waals surface area contributed by atoms with Crippen LogP contribution in [-0.2, 0) is 16.1 Å². The van der Waals surface area contributed by atoms with Crippen molar-refractivity contribution >= 4 is 44.7 Å². The van der Waals surface area contributed by atoms with Crippen LogP contribution in [0.5, 0.6) is 0 Å². The third-order valence-electron chi connectivity index (χ3n) is 3.63. The van der Waals surface area contributed by atoms with Crippen LogP contribution in [0.4, 0.5) is 11.4 Å². The third kappa shape index (κ3) is 4.13. The van der Waals surface area contributed by atoms with Gasteiger partial charge in [-0.25, -0.2) is 0 Å². The maximum absolute atomic E-state index is 12.1. The SMILES string of the molecule is CC(=O)Nc1ccc(NC(=O)CCn2c(=O)sc3ccccc32)cc1. The number of carbonyl (C=O) groups excluding carboxylic acids is 2. The molecule has 0 fully saturated rings. The predicted octanol–water partition coefficient (Wildman–Crippen LogP) is 3.05. The van der Waals surface area contributed by atoms with Gasteiger partial charge in [0.1, 0.15) is 0 Å². The van der Waals surface area contributed by atoms with Crippen molar-refractivity contribution in [2.24, 2.45) is 0 Å². The van der Waals surface area contributed by atoms with Gasteiger partial charge in [-0.1, -0.05) is 23.5 Å². The number of hydrogen-bond donors (Lipinski definition) is 2. The number of aryl methyl sites for hydroxylation is 1. The monoisotopic (exact) mass is 355 g/mol. The number of nitrogens with one attached hydrogen (secondary N) is 2. The van der Waals surface area contributed by atoms with E-state index < -0.39 is 0 Å². The van der Waals surface area contributed by atoms with Crippen LogP contribution in [0.1, 0.15) is 13.3 Å². The summed E-state index contributed by atoms with van der Waals surface area (Å²) in [6.45, 7) is 1.77. The van der Waals surface area contributed by atoms with Crippen molar-refractivity contribution in [1.29, 1.82) is 0 Å². The predicted molar refractivity (Wildman–Crippen MR) is 100 cm³/mol. The molecule has 128 valence electrons. The fourth-order valence-electron chi connectivity index (χ4n) is 2.50. The molecule has 2 aromatic carbocycles. The summed E-state index contributed by atoms with van der Waals surface area (Å²) in [7, 11) is 0. The first-order chi connectivity index (χ1) is 12.0. The van der Waals surface area contributed by atoms with Crippen molar-refractivity contribution in [3.05, 3.63) is 58.2 Å². The van der Waals surface area contributed by atoms with Crippen LogP contribution in [0, 0.1) is 0 Å². The molecule has 7 heteroatoms. The molecule has 0 radical (unpaired) electrons. The second-order valence-corrected chi connectivity index (χ2v) is 6.54. The van der Waals surface area contributed by atoms with Gasteiger partial charge in [0.15, 0.2) is 0 Å². The van der Waals surface area contributed by atoms with Crippen LogP contribution in [0.3, 0.4) is 0 Å². The molecule has 6 nitrogen and oxygen atoms in total. The average molecular weight is 355 g/mol.